The van der Waals surface area contributed by atoms with Crippen molar-refractivity contribution in [3.05, 3.63) is 47.0 Å². The van der Waals surface area contributed by atoms with Gasteiger partial charge >= 0.3 is 0 Å². The van der Waals surface area contributed by atoms with E-state index in [0.29, 0.717) is 30.4 Å². The number of pyridine rings is 1. The summed E-state index contributed by atoms with van der Waals surface area (Å²) >= 11 is 5.79. The number of aromatic nitrogens is 1. The first-order valence-corrected chi connectivity index (χ1v) is 6.53. The molecule has 5 nitrogen and oxygen atoms in total. The van der Waals surface area contributed by atoms with Crippen molar-refractivity contribution in [2.45, 2.75) is 0 Å². The fourth-order valence-electron chi connectivity index (χ4n) is 1.90. The first-order chi connectivity index (χ1) is 10.1. The Kier molecular flexibility index (Phi) is 3.62. The number of hydrogen-bond acceptors (Lipinski definition) is 4. The number of halogens is 2. The normalized spacial score (nSPS) is 12.9. The van der Waals surface area contributed by atoms with Crippen LogP contribution in [0.5, 0.6) is 11.5 Å². The monoisotopic (exact) mass is 308 g/mol. The van der Waals surface area contributed by atoms with Gasteiger partial charge in [0.25, 0.3) is 5.91 Å². The third kappa shape index (κ3) is 2.90. The first-order valence-electron chi connectivity index (χ1n) is 6.15. The Morgan fingerprint density at radius 2 is 2.00 bits per heavy atom. The Bertz CT molecular complexity index is 709. The first kappa shape index (κ1) is 13.6. The number of nitrogens with one attached hydrogen (secondary N) is 1. The highest BCUT2D eigenvalue weighted by molar-refractivity contribution is 6.33. The Morgan fingerprint density at radius 1 is 1.24 bits per heavy atom. The van der Waals surface area contributed by atoms with Gasteiger partial charge in [0.2, 0.25) is 0 Å². The van der Waals surface area contributed by atoms with Gasteiger partial charge in [-0.05, 0) is 18.2 Å². The van der Waals surface area contributed by atoms with Crippen molar-refractivity contribution in [2.24, 2.45) is 0 Å². The fraction of sp³-hybridized carbons (Fsp3) is 0.143. The van der Waals surface area contributed by atoms with E-state index in [2.05, 4.69) is 10.3 Å². The number of ether oxygens (including phenoxy) is 2. The van der Waals surface area contributed by atoms with E-state index < -0.39 is 11.7 Å². The largest absolute Gasteiger partial charge is 0.486 e. The van der Waals surface area contributed by atoms with Crippen LogP contribution in [-0.2, 0) is 0 Å². The molecule has 2 heterocycles. The summed E-state index contributed by atoms with van der Waals surface area (Å²) < 4.78 is 23.9. The van der Waals surface area contributed by atoms with E-state index >= 15 is 0 Å². The van der Waals surface area contributed by atoms with E-state index in [4.69, 9.17) is 21.1 Å². The van der Waals surface area contributed by atoms with Gasteiger partial charge in [-0.1, -0.05) is 11.6 Å². The summed E-state index contributed by atoms with van der Waals surface area (Å²) in [5.41, 5.74) is 0.455. The Morgan fingerprint density at radius 3 is 2.81 bits per heavy atom. The van der Waals surface area contributed by atoms with Crippen molar-refractivity contribution in [3.8, 4) is 11.5 Å². The SMILES string of the molecule is O=C(Nc1ccc2c(c1)OCCO2)c1cc(F)cnc1Cl. The van der Waals surface area contributed by atoms with Gasteiger partial charge in [0.1, 0.15) is 24.2 Å². The second-order valence-corrected chi connectivity index (χ2v) is 4.66. The van der Waals surface area contributed by atoms with Gasteiger partial charge in [-0.25, -0.2) is 9.37 Å². The highest BCUT2D eigenvalue weighted by atomic mass is 35.5. The van der Waals surface area contributed by atoms with Crippen molar-refractivity contribution in [1.82, 2.24) is 4.98 Å². The molecule has 0 fully saturated rings. The van der Waals surface area contributed by atoms with E-state index in [-0.39, 0.29) is 10.7 Å². The minimum atomic E-state index is -0.633. The minimum absolute atomic E-state index is 0.0356. The topological polar surface area (TPSA) is 60.5 Å². The Labute approximate surface area is 124 Å². The maximum absolute atomic E-state index is 13.1. The second-order valence-electron chi connectivity index (χ2n) is 4.30. The lowest BCUT2D eigenvalue weighted by Crippen LogP contribution is -2.17. The van der Waals surface area contributed by atoms with Crippen molar-refractivity contribution in [1.29, 1.82) is 0 Å². The zero-order valence-electron chi connectivity index (χ0n) is 10.7. The molecule has 108 valence electrons. The Balaban J connectivity index is 1.83. The zero-order valence-corrected chi connectivity index (χ0v) is 11.5. The molecular formula is C14H10ClFN2O3. The highest BCUT2D eigenvalue weighted by Gasteiger charge is 2.16. The smallest absolute Gasteiger partial charge is 0.258 e. The summed E-state index contributed by atoms with van der Waals surface area (Å²) in [5.74, 6) is -0.0254. The quantitative estimate of drug-likeness (QED) is 0.867. The van der Waals surface area contributed by atoms with Gasteiger partial charge in [0.15, 0.2) is 11.5 Å². The van der Waals surface area contributed by atoms with E-state index in [1.807, 2.05) is 0 Å². The average Bonchev–Trinajstić information content (AvgIpc) is 2.49. The summed E-state index contributed by atoms with van der Waals surface area (Å²) in [6, 6.07) is 6.01. The van der Waals surface area contributed by atoms with Gasteiger partial charge in [-0.15, -0.1) is 0 Å². The molecule has 0 unspecified atom stereocenters. The molecule has 0 radical (unpaired) electrons. The molecule has 1 aliphatic rings. The lowest BCUT2D eigenvalue weighted by atomic mass is 10.2. The van der Waals surface area contributed by atoms with Gasteiger partial charge < -0.3 is 14.8 Å². The average molecular weight is 309 g/mol. The third-order valence-corrected chi connectivity index (χ3v) is 3.15. The van der Waals surface area contributed by atoms with Crippen LogP contribution in [0.25, 0.3) is 0 Å². The summed E-state index contributed by atoms with van der Waals surface area (Å²) in [6.45, 7) is 0.938. The summed E-state index contributed by atoms with van der Waals surface area (Å²) in [6.07, 6.45) is 0.948. The third-order valence-electron chi connectivity index (χ3n) is 2.85. The van der Waals surface area contributed by atoms with E-state index in [9.17, 15) is 9.18 Å². The lowest BCUT2D eigenvalue weighted by Gasteiger charge is -2.19. The molecule has 1 aromatic carbocycles. The minimum Gasteiger partial charge on any atom is -0.486 e. The molecule has 0 saturated carbocycles. The molecule has 1 amide bonds. The van der Waals surface area contributed by atoms with Crippen LogP contribution in [-0.4, -0.2) is 24.1 Å². The fourth-order valence-corrected chi connectivity index (χ4v) is 2.09. The van der Waals surface area contributed by atoms with Gasteiger partial charge in [0.05, 0.1) is 11.8 Å². The maximum atomic E-state index is 13.1. The highest BCUT2D eigenvalue weighted by Crippen LogP contribution is 2.32. The Hall–Kier alpha value is -2.34. The number of fused-ring (bicyclic) bond motifs is 1. The summed E-state index contributed by atoms with van der Waals surface area (Å²) in [4.78, 5) is 15.7. The van der Waals surface area contributed by atoms with Crippen LogP contribution in [0.3, 0.4) is 0 Å². The molecule has 0 saturated heterocycles. The maximum Gasteiger partial charge on any atom is 0.258 e. The van der Waals surface area contributed by atoms with Crippen LogP contribution in [0, 0.1) is 5.82 Å². The molecule has 2 aromatic rings. The molecule has 0 atom stereocenters. The standard InChI is InChI=1S/C14H10ClFN2O3/c15-13-10(5-8(16)7-17-13)14(19)18-9-1-2-11-12(6-9)21-4-3-20-11/h1-2,5-7H,3-4H2,(H,18,19). The summed E-state index contributed by atoms with van der Waals surface area (Å²) in [7, 11) is 0. The molecule has 0 spiro atoms. The van der Waals surface area contributed by atoms with E-state index in [0.717, 1.165) is 12.3 Å². The molecule has 1 N–H and O–H groups in total. The number of carbonyl (C=O) groups excluding carboxylic acids is 1. The van der Waals surface area contributed by atoms with Crippen molar-refractivity contribution in [2.75, 3.05) is 18.5 Å². The van der Waals surface area contributed by atoms with Gasteiger partial charge in [-0.2, -0.15) is 0 Å². The summed E-state index contributed by atoms with van der Waals surface area (Å²) in [5, 5.41) is 2.55. The van der Waals surface area contributed by atoms with Crippen LogP contribution in [0.2, 0.25) is 5.15 Å². The van der Waals surface area contributed by atoms with Gasteiger partial charge in [0, 0.05) is 11.8 Å². The number of anilines is 1. The molecule has 21 heavy (non-hydrogen) atoms. The number of rotatable bonds is 2. The van der Waals surface area contributed by atoms with Crippen LogP contribution < -0.4 is 14.8 Å². The van der Waals surface area contributed by atoms with Crippen molar-refractivity contribution in [3.63, 3.8) is 0 Å². The van der Waals surface area contributed by atoms with E-state index in [1.165, 1.54) is 0 Å². The van der Waals surface area contributed by atoms with Crippen LogP contribution >= 0.6 is 11.6 Å². The van der Waals surface area contributed by atoms with Crippen LogP contribution in [0.15, 0.2) is 30.5 Å². The second kappa shape index (κ2) is 5.57. The van der Waals surface area contributed by atoms with Gasteiger partial charge in [-0.3, -0.25) is 4.79 Å². The molecule has 1 aliphatic heterocycles. The number of benzene rings is 1. The zero-order chi connectivity index (χ0) is 14.8. The number of amides is 1. The lowest BCUT2D eigenvalue weighted by molar-refractivity contribution is 0.102. The molecule has 3 rings (SSSR count). The molecule has 7 heteroatoms. The number of carbonyl (C=O) groups is 1. The molecule has 1 aromatic heterocycles. The van der Waals surface area contributed by atoms with Crippen LogP contribution in [0.4, 0.5) is 10.1 Å². The molecule has 0 aliphatic carbocycles. The predicted molar refractivity (Wildman–Crippen MR) is 74.6 cm³/mol. The van der Waals surface area contributed by atoms with Crippen LogP contribution in [0.1, 0.15) is 10.4 Å². The van der Waals surface area contributed by atoms with Crippen molar-refractivity contribution >= 4 is 23.2 Å². The molecular weight excluding hydrogens is 299 g/mol. The number of nitrogens with zero attached hydrogens (tertiary/aromatic N) is 1. The molecule has 0 bridgehead atoms. The van der Waals surface area contributed by atoms with E-state index in [1.54, 1.807) is 18.2 Å². The van der Waals surface area contributed by atoms with Crippen molar-refractivity contribution < 1.29 is 18.7 Å². The predicted octanol–water partition coefficient (Wildman–Crippen LogP) is 2.90. The number of hydrogen-bond donors (Lipinski definition) is 1.